The van der Waals surface area contributed by atoms with Gasteiger partial charge in [-0.1, -0.05) is 37.6 Å². The number of aromatic nitrogens is 2. The third kappa shape index (κ3) is 2.12. The zero-order valence-electron chi connectivity index (χ0n) is 13.0. The van der Waals surface area contributed by atoms with Gasteiger partial charge < -0.3 is 4.98 Å². The first-order valence-corrected chi connectivity index (χ1v) is 8.27. The van der Waals surface area contributed by atoms with Gasteiger partial charge in [0.2, 0.25) is 0 Å². The molecule has 0 saturated heterocycles. The monoisotopic (exact) mass is 280 g/mol. The number of allylic oxidation sites excluding steroid dienone is 2. The second-order valence-corrected chi connectivity index (χ2v) is 7.38. The molecule has 0 radical (unpaired) electrons. The number of imidazole rings is 1. The van der Waals surface area contributed by atoms with Crippen molar-refractivity contribution in [2.75, 3.05) is 0 Å². The second kappa shape index (κ2) is 4.72. The molecule has 3 aliphatic rings. The van der Waals surface area contributed by atoms with Crippen LogP contribution in [-0.4, -0.2) is 9.97 Å². The van der Waals surface area contributed by atoms with E-state index in [4.69, 9.17) is 0 Å². The molecule has 5 rings (SSSR count). The van der Waals surface area contributed by atoms with Crippen LogP contribution in [0.25, 0.3) is 11.0 Å². The largest absolute Gasteiger partial charge is 0.342 e. The molecule has 2 atom stereocenters. The van der Waals surface area contributed by atoms with Crippen molar-refractivity contribution in [2.24, 2.45) is 17.3 Å². The molecule has 1 fully saturated rings. The molecule has 0 aliphatic heterocycles. The first kappa shape index (κ1) is 13.1. The van der Waals surface area contributed by atoms with Gasteiger partial charge in [0.1, 0.15) is 5.82 Å². The van der Waals surface area contributed by atoms with E-state index in [0.717, 1.165) is 35.1 Å². The Balaban J connectivity index is 1.38. The van der Waals surface area contributed by atoms with Crippen molar-refractivity contribution < 1.29 is 0 Å². The van der Waals surface area contributed by atoms with Gasteiger partial charge in [-0.2, -0.15) is 0 Å². The summed E-state index contributed by atoms with van der Waals surface area (Å²) in [6, 6.07) is 8.30. The maximum absolute atomic E-state index is 4.68. The summed E-state index contributed by atoms with van der Waals surface area (Å²) in [5, 5.41) is 0. The summed E-state index contributed by atoms with van der Waals surface area (Å²) >= 11 is 0. The first-order chi connectivity index (χ1) is 10.1. The normalized spacial score (nSPS) is 26.5. The molecule has 2 nitrogen and oxygen atoms in total. The molecule has 2 heteroatoms. The summed E-state index contributed by atoms with van der Waals surface area (Å²) in [5.41, 5.74) is 4.53. The topological polar surface area (TPSA) is 28.7 Å². The number of fused-ring (bicyclic) bond motifs is 2. The number of aromatic amines is 1. The smallest absolute Gasteiger partial charge is 0.107 e. The van der Waals surface area contributed by atoms with Gasteiger partial charge in [0.05, 0.1) is 11.0 Å². The molecule has 1 aromatic carbocycles. The molecule has 3 aliphatic carbocycles. The third-order valence-electron chi connectivity index (χ3n) is 5.90. The predicted molar refractivity (Wildman–Crippen MR) is 87.1 cm³/mol. The second-order valence-electron chi connectivity index (χ2n) is 7.38. The molecule has 2 unspecified atom stereocenters. The summed E-state index contributed by atoms with van der Waals surface area (Å²) in [6.45, 7) is 4.91. The molecule has 0 amide bonds. The average Bonchev–Trinajstić information content (AvgIpc) is 2.90. The summed E-state index contributed by atoms with van der Waals surface area (Å²) in [7, 11) is 0. The molecule has 1 aromatic heterocycles. The van der Waals surface area contributed by atoms with Crippen molar-refractivity contribution in [2.45, 2.75) is 46.0 Å². The number of nitrogens with zero attached hydrogens (tertiary/aromatic N) is 1. The van der Waals surface area contributed by atoms with Crippen LogP contribution in [0, 0.1) is 17.3 Å². The molecular formula is C19H24N2. The fraction of sp³-hybridized carbons (Fsp3) is 0.526. The standard InChI is InChI=1S/C19H24N2/c1-19(2)14-11-10-13(15(19)12-14)6-5-9-18-20-16-7-3-4-8-17(16)21-18/h3-4,7-8,10,14-15H,5-6,9,11-12H2,1-2H3,(H,20,21). The number of aryl methyl sites for hydroxylation is 1. The molecule has 1 N–H and O–H groups in total. The summed E-state index contributed by atoms with van der Waals surface area (Å²) in [6.07, 6.45) is 8.79. The number of para-hydroxylation sites is 2. The molecule has 21 heavy (non-hydrogen) atoms. The van der Waals surface area contributed by atoms with E-state index >= 15 is 0 Å². The van der Waals surface area contributed by atoms with Gasteiger partial charge in [0, 0.05) is 6.42 Å². The van der Waals surface area contributed by atoms with Crippen LogP contribution in [0.15, 0.2) is 35.9 Å². The fourth-order valence-corrected chi connectivity index (χ4v) is 4.34. The van der Waals surface area contributed by atoms with Crippen molar-refractivity contribution in [1.29, 1.82) is 0 Å². The highest BCUT2D eigenvalue weighted by Gasteiger charge is 2.50. The van der Waals surface area contributed by atoms with E-state index in [2.05, 4.69) is 54.2 Å². The minimum Gasteiger partial charge on any atom is -0.342 e. The highest BCUT2D eigenvalue weighted by atomic mass is 14.9. The molecule has 1 saturated carbocycles. The minimum atomic E-state index is 0.559. The van der Waals surface area contributed by atoms with Crippen molar-refractivity contribution in [3.8, 4) is 0 Å². The van der Waals surface area contributed by atoms with E-state index in [-0.39, 0.29) is 0 Å². The van der Waals surface area contributed by atoms with Gasteiger partial charge in [-0.3, -0.25) is 0 Å². The van der Waals surface area contributed by atoms with Gasteiger partial charge >= 0.3 is 0 Å². The Bertz CT molecular complexity index is 659. The minimum absolute atomic E-state index is 0.559. The van der Waals surface area contributed by atoms with Crippen molar-refractivity contribution in [1.82, 2.24) is 9.97 Å². The van der Waals surface area contributed by atoms with Crippen molar-refractivity contribution in [3.05, 3.63) is 41.7 Å². The van der Waals surface area contributed by atoms with Crippen LogP contribution in [0.1, 0.15) is 45.4 Å². The molecule has 2 aromatic rings. The van der Waals surface area contributed by atoms with E-state index < -0.39 is 0 Å². The Labute approximate surface area is 126 Å². The fourth-order valence-electron chi connectivity index (χ4n) is 4.34. The predicted octanol–water partition coefficient (Wildman–Crippen LogP) is 4.88. The molecule has 2 bridgehead atoms. The number of rotatable bonds is 4. The first-order valence-electron chi connectivity index (χ1n) is 8.27. The van der Waals surface area contributed by atoms with E-state index in [1.807, 2.05) is 0 Å². The number of benzene rings is 1. The zero-order chi connectivity index (χ0) is 14.4. The Morgan fingerprint density at radius 3 is 2.86 bits per heavy atom. The zero-order valence-corrected chi connectivity index (χ0v) is 13.0. The third-order valence-corrected chi connectivity index (χ3v) is 5.90. The number of hydrogen-bond donors (Lipinski definition) is 1. The lowest BCUT2D eigenvalue weighted by Crippen LogP contribution is -2.48. The van der Waals surface area contributed by atoms with E-state index in [0.29, 0.717) is 5.41 Å². The van der Waals surface area contributed by atoms with Gasteiger partial charge in [-0.05, 0) is 55.1 Å². The molecule has 0 spiro atoms. The van der Waals surface area contributed by atoms with Crippen LogP contribution < -0.4 is 0 Å². The van der Waals surface area contributed by atoms with Crippen molar-refractivity contribution >= 4 is 11.0 Å². The number of nitrogens with one attached hydrogen (secondary N) is 1. The van der Waals surface area contributed by atoms with Crippen LogP contribution in [-0.2, 0) is 6.42 Å². The van der Waals surface area contributed by atoms with E-state index in [9.17, 15) is 0 Å². The van der Waals surface area contributed by atoms with Crippen LogP contribution in [0.4, 0.5) is 0 Å². The van der Waals surface area contributed by atoms with Crippen LogP contribution in [0.5, 0.6) is 0 Å². The van der Waals surface area contributed by atoms with Gasteiger partial charge in [-0.15, -0.1) is 0 Å². The lowest BCUT2D eigenvalue weighted by atomic mass is 9.48. The van der Waals surface area contributed by atoms with E-state index in [1.165, 1.54) is 25.7 Å². The van der Waals surface area contributed by atoms with Crippen LogP contribution in [0.3, 0.4) is 0 Å². The number of H-pyrrole nitrogens is 1. The molecular weight excluding hydrogens is 256 g/mol. The molecule has 1 heterocycles. The summed E-state index contributed by atoms with van der Waals surface area (Å²) < 4.78 is 0. The maximum atomic E-state index is 4.68. The highest BCUT2D eigenvalue weighted by Crippen LogP contribution is 2.59. The Hall–Kier alpha value is -1.57. The van der Waals surface area contributed by atoms with Crippen LogP contribution in [0.2, 0.25) is 0 Å². The Morgan fingerprint density at radius 2 is 2.10 bits per heavy atom. The van der Waals surface area contributed by atoms with Gasteiger partial charge in [-0.25, -0.2) is 4.98 Å². The molecule has 110 valence electrons. The van der Waals surface area contributed by atoms with Crippen LogP contribution >= 0.6 is 0 Å². The SMILES string of the molecule is CC1(C)C2CC=C(CCCc3nc4ccccc4[nH]3)C1C2. The lowest BCUT2D eigenvalue weighted by molar-refractivity contribution is -0.00834. The van der Waals surface area contributed by atoms with Gasteiger partial charge in [0.15, 0.2) is 0 Å². The summed E-state index contributed by atoms with van der Waals surface area (Å²) in [4.78, 5) is 8.12. The van der Waals surface area contributed by atoms with Gasteiger partial charge in [0.25, 0.3) is 0 Å². The quantitative estimate of drug-likeness (QED) is 0.795. The average molecular weight is 280 g/mol. The van der Waals surface area contributed by atoms with Crippen molar-refractivity contribution in [3.63, 3.8) is 0 Å². The maximum Gasteiger partial charge on any atom is 0.107 e. The Morgan fingerprint density at radius 1 is 1.24 bits per heavy atom. The highest BCUT2D eigenvalue weighted by molar-refractivity contribution is 5.74. The summed E-state index contributed by atoms with van der Waals surface area (Å²) in [5.74, 6) is 2.94. The Kier molecular flexibility index (Phi) is 2.95. The number of hydrogen-bond acceptors (Lipinski definition) is 1. The lowest BCUT2D eigenvalue weighted by Gasteiger charge is -2.56. The van der Waals surface area contributed by atoms with E-state index in [1.54, 1.807) is 5.57 Å².